The highest BCUT2D eigenvalue weighted by atomic mass is 35.5. The molecular weight excluding hydrogens is 244 g/mol. The minimum Gasteiger partial charge on any atom is -0.314 e. The first-order valence-corrected chi connectivity index (χ1v) is 7.36. The average Bonchev–Trinajstić information content (AvgIpc) is 2.41. The fourth-order valence-electron chi connectivity index (χ4n) is 2.51. The van der Waals surface area contributed by atoms with Crippen LogP contribution in [0.15, 0.2) is 24.3 Å². The van der Waals surface area contributed by atoms with Crippen molar-refractivity contribution in [3.05, 3.63) is 34.9 Å². The van der Waals surface area contributed by atoms with E-state index in [0.717, 1.165) is 18.1 Å². The number of nitrogens with zero attached hydrogens (tertiary/aromatic N) is 1. The monoisotopic (exact) mass is 266 g/mol. The van der Waals surface area contributed by atoms with E-state index in [9.17, 15) is 0 Å². The lowest BCUT2D eigenvalue weighted by atomic mass is 10.0. The van der Waals surface area contributed by atoms with E-state index in [2.05, 4.69) is 29.3 Å². The molecule has 0 amide bonds. The highest BCUT2D eigenvalue weighted by Crippen LogP contribution is 2.19. The summed E-state index contributed by atoms with van der Waals surface area (Å²) in [4.78, 5) is 2.51. The van der Waals surface area contributed by atoms with Gasteiger partial charge in [0.1, 0.15) is 0 Å². The van der Waals surface area contributed by atoms with Crippen molar-refractivity contribution in [2.24, 2.45) is 0 Å². The molecular formula is C15H23ClN2. The number of likely N-dealkylation sites (tertiary alicyclic amines) is 1. The Labute approximate surface area is 115 Å². The molecule has 0 aliphatic carbocycles. The number of hydrogen-bond acceptors (Lipinski definition) is 2. The molecule has 1 aromatic carbocycles. The first-order chi connectivity index (χ1) is 8.79. The molecule has 3 heteroatoms. The number of rotatable bonds is 5. The van der Waals surface area contributed by atoms with E-state index in [-0.39, 0.29) is 0 Å². The number of halogens is 1. The summed E-state index contributed by atoms with van der Waals surface area (Å²) in [5.74, 6) is 0. The number of nitrogens with one attached hydrogen (secondary N) is 1. The zero-order chi connectivity index (χ0) is 12.8. The Balaban J connectivity index is 1.78. The predicted molar refractivity (Wildman–Crippen MR) is 78.0 cm³/mol. The smallest absolute Gasteiger partial charge is 0.0451 e. The average molecular weight is 267 g/mol. The van der Waals surface area contributed by atoms with Crippen molar-refractivity contribution in [1.29, 1.82) is 0 Å². The molecule has 1 aliphatic rings. The summed E-state index contributed by atoms with van der Waals surface area (Å²) in [6.45, 7) is 6.70. The summed E-state index contributed by atoms with van der Waals surface area (Å²) >= 11 is 6.20. The number of benzene rings is 1. The van der Waals surface area contributed by atoms with Crippen molar-refractivity contribution < 1.29 is 0 Å². The molecule has 2 rings (SSSR count). The minimum atomic E-state index is 0.715. The van der Waals surface area contributed by atoms with Crippen molar-refractivity contribution in [3.8, 4) is 0 Å². The molecule has 1 aliphatic heterocycles. The van der Waals surface area contributed by atoms with Crippen LogP contribution in [0.25, 0.3) is 0 Å². The molecule has 2 nitrogen and oxygen atoms in total. The largest absolute Gasteiger partial charge is 0.314 e. The van der Waals surface area contributed by atoms with Crippen LogP contribution in [-0.2, 0) is 6.54 Å². The summed E-state index contributed by atoms with van der Waals surface area (Å²) in [6, 6.07) is 8.88. The van der Waals surface area contributed by atoms with Crippen LogP contribution >= 0.6 is 11.6 Å². The maximum atomic E-state index is 6.20. The standard InChI is InChI=1S/C15H23ClN2/c1-2-9-17-14-7-10-18(11-8-14)12-13-5-3-4-6-15(13)16/h3-6,14,17H,2,7-12H2,1H3. The van der Waals surface area contributed by atoms with E-state index < -0.39 is 0 Å². The first-order valence-electron chi connectivity index (χ1n) is 6.98. The second-order valence-corrected chi connectivity index (χ2v) is 5.50. The minimum absolute atomic E-state index is 0.715. The van der Waals surface area contributed by atoms with E-state index in [1.807, 2.05) is 12.1 Å². The Bertz CT molecular complexity index is 359. The fourth-order valence-corrected chi connectivity index (χ4v) is 2.71. The highest BCUT2D eigenvalue weighted by molar-refractivity contribution is 6.31. The van der Waals surface area contributed by atoms with Gasteiger partial charge in [-0.05, 0) is 50.5 Å². The molecule has 18 heavy (non-hydrogen) atoms. The highest BCUT2D eigenvalue weighted by Gasteiger charge is 2.18. The molecule has 1 N–H and O–H groups in total. The Morgan fingerprint density at radius 2 is 2.00 bits per heavy atom. The van der Waals surface area contributed by atoms with E-state index in [0.29, 0.717) is 6.04 Å². The third-order valence-electron chi connectivity index (χ3n) is 3.62. The quantitative estimate of drug-likeness (QED) is 0.880. The lowest BCUT2D eigenvalue weighted by Gasteiger charge is -2.32. The van der Waals surface area contributed by atoms with E-state index in [4.69, 9.17) is 11.6 Å². The summed E-state index contributed by atoms with van der Waals surface area (Å²) in [5.41, 5.74) is 1.25. The Kier molecular flexibility index (Phi) is 5.48. The second kappa shape index (κ2) is 7.13. The predicted octanol–water partition coefficient (Wildman–Crippen LogP) is 3.30. The number of piperidine rings is 1. The molecule has 1 aromatic rings. The SMILES string of the molecule is CCCNC1CCN(Cc2ccccc2Cl)CC1. The summed E-state index contributed by atoms with van der Waals surface area (Å²) in [6.07, 6.45) is 3.73. The second-order valence-electron chi connectivity index (χ2n) is 5.10. The van der Waals surface area contributed by atoms with Crippen molar-refractivity contribution in [1.82, 2.24) is 10.2 Å². The van der Waals surface area contributed by atoms with Crippen LogP contribution in [0.2, 0.25) is 5.02 Å². The van der Waals surface area contributed by atoms with Crippen LogP contribution in [-0.4, -0.2) is 30.6 Å². The lowest BCUT2D eigenvalue weighted by Crippen LogP contribution is -2.42. The molecule has 100 valence electrons. The number of hydrogen-bond donors (Lipinski definition) is 1. The van der Waals surface area contributed by atoms with Gasteiger partial charge in [0.05, 0.1) is 0 Å². The van der Waals surface area contributed by atoms with Gasteiger partial charge in [0.2, 0.25) is 0 Å². The lowest BCUT2D eigenvalue weighted by molar-refractivity contribution is 0.191. The van der Waals surface area contributed by atoms with Crippen LogP contribution in [0.4, 0.5) is 0 Å². The van der Waals surface area contributed by atoms with Gasteiger partial charge in [-0.2, -0.15) is 0 Å². The van der Waals surface area contributed by atoms with E-state index in [1.54, 1.807) is 0 Å². The molecule has 0 spiro atoms. The maximum Gasteiger partial charge on any atom is 0.0451 e. The molecule has 0 radical (unpaired) electrons. The zero-order valence-electron chi connectivity index (χ0n) is 11.2. The van der Waals surface area contributed by atoms with Crippen molar-refractivity contribution in [2.75, 3.05) is 19.6 Å². The summed E-state index contributed by atoms with van der Waals surface area (Å²) in [5, 5.41) is 4.51. The van der Waals surface area contributed by atoms with E-state index in [1.165, 1.54) is 37.9 Å². The molecule has 1 saturated heterocycles. The third kappa shape index (κ3) is 3.98. The Hall–Kier alpha value is -0.570. The summed E-state index contributed by atoms with van der Waals surface area (Å²) in [7, 11) is 0. The molecule has 1 heterocycles. The van der Waals surface area contributed by atoms with Crippen LogP contribution in [0.3, 0.4) is 0 Å². The molecule has 0 unspecified atom stereocenters. The fraction of sp³-hybridized carbons (Fsp3) is 0.600. The van der Waals surface area contributed by atoms with Crippen molar-refractivity contribution in [2.45, 2.75) is 38.8 Å². The van der Waals surface area contributed by atoms with Crippen LogP contribution in [0.1, 0.15) is 31.7 Å². The van der Waals surface area contributed by atoms with Gasteiger partial charge in [-0.3, -0.25) is 4.90 Å². The molecule has 0 aromatic heterocycles. The van der Waals surface area contributed by atoms with Gasteiger partial charge < -0.3 is 5.32 Å². The van der Waals surface area contributed by atoms with Crippen LogP contribution < -0.4 is 5.32 Å². The Morgan fingerprint density at radius 3 is 2.67 bits per heavy atom. The first kappa shape index (κ1) is 13.9. The zero-order valence-corrected chi connectivity index (χ0v) is 11.9. The topological polar surface area (TPSA) is 15.3 Å². The van der Waals surface area contributed by atoms with Crippen molar-refractivity contribution >= 4 is 11.6 Å². The van der Waals surface area contributed by atoms with Crippen molar-refractivity contribution in [3.63, 3.8) is 0 Å². The normalized spacial score (nSPS) is 18.1. The van der Waals surface area contributed by atoms with Crippen LogP contribution in [0.5, 0.6) is 0 Å². The van der Waals surface area contributed by atoms with Gasteiger partial charge in [0.15, 0.2) is 0 Å². The molecule has 0 atom stereocenters. The van der Waals surface area contributed by atoms with Gasteiger partial charge >= 0.3 is 0 Å². The van der Waals surface area contributed by atoms with Gasteiger partial charge in [-0.25, -0.2) is 0 Å². The van der Waals surface area contributed by atoms with Gasteiger partial charge in [0, 0.05) is 17.6 Å². The molecule has 0 bridgehead atoms. The Morgan fingerprint density at radius 1 is 1.28 bits per heavy atom. The van der Waals surface area contributed by atoms with Crippen LogP contribution in [0, 0.1) is 0 Å². The third-order valence-corrected chi connectivity index (χ3v) is 3.99. The van der Waals surface area contributed by atoms with E-state index >= 15 is 0 Å². The maximum absolute atomic E-state index is 6.20. The molecule has 0 saturated carbocycles. The summed E-state index contributed by atoms with van der Waals surface area (Å²) < 4.78 is 0. The van der Waals surface area contributed by atoms with Gasteiger partial charge in [0.25, 0.3) is 0 Å². The van der Waals surface area contributed by atoms with Gasteiger partial charge in [-0.1, -0.05) is 36.7 Å². The molecule has 1 fully saturated rings. The van der Waals surface area contributed by atoms with Gasteiger partial charge in [-0.15, -0.1) is 0 Å².